The molecule has 0 aliphatic heterocycles. The molecule has 0 spiro atoms. The Kier molecular flexibility index (Phi) is 6.25. The van der Waals surface area contributed by atoms with Crippen LogP contribution in [-0.4, -0.2) is 25.7 Å². The van der Waals surface area contributed by atoms with Crippen LogP contribution in [0.1, 0.15) is 16.1 Å². The summed E-state index contributed by atoms with van der Waals surface area (Å²) in [6.45, 7) is 0.334. The first-order chi connectivity index (χ1) is 15.8. The lowest BCUT2D eigenvalue weighted by Gasteiger charge is -2.12. The van der Waals surface area contributed by atoms with Gasteiger partial charge in [-0.2, -0.15) is 0 Å². The van der Waals surface area contributed by atoms with E-state index in [-0.39, 0.29) is 16.5 Å². The Balaban J connectivity index is 1.62. The molecule has 0 aliphatic carbocycles. The molecule has 0 atom stereocenters. The highest BCUT2D eigenvalue weighted by molar-refractivity contribution is 7.80. The zero-order valence-electron chi connectivity index (χ0n) is 17.0. The van der Waals surface area contributed by atoms with Crippen molar-refractivity contribution in [3.63, 3.8) is 0 Å². The quantitative estimate of drug-likeness (QED) is 0.183. The summed E-state index contributed by atoms with van der Waals surface area (Å²) in [5.74, 6) is -1.05. The Morgan fingerprint density at radius 2 is 1.79 bits per heavy atom. The van der Waals surface area contributed by atoms with Crippen LogP contribution < -0.4 is 10.6 Å². The molecular formula is C23H17ClN4O4S. The minimum absolute atomic E-state index is 0.0218. The lowest BCUT2D eigenvalue weighted by molar-refractivity contribution is -0.384. The summed E-state index contributed by atoms with van der Waals surface area (Å²) in [6.07, 6.45) is 0. The fraction of sp³-hybridized carbons (Fsp3) is 0.0435. The Morgan fingerprint density at radius 3 is 2.45 bits per heavy atom. The van der Waals surface area contributed by atoms with Gasteiger partial charge in [-0.25, -0.2) is 4.79 Å². The van der Waals surface area contributed by atoms with Crippen LogP contribution in [-0.2, 0) is 6.54 Å². The molecule has 166 valence electrons. The topological polar surface area (TPSA) is 109 Å². The van der Waals surface area contributed by atoms with E-state index >= 15 is 0 Å². The molecule has 10 heteroatoms. The van der Waals surface area contributed by atoms with Crippen LogP contribution in [0, 0.1) is 10.1 Å². The normalized spacial score (nSPS) is 10.7. The summed E-state index contributed by atoms with van der Waals surface area (Å²) in [6, 6.07) is 20.1. The number of benzene rings is 3. The number of anilines is 2. The second-order valence-corrected chi connectivity index (χ2v) is 8.02. The number of aromatic nitrogens is 1. The Labute approximate surface area is 198 Å². The van der Waals surface area contributed by atoms with Crippen molar-refractivity contribution in [1.82, 2.24) is 4.57 Å². The van der Waals surface area contributed by atoms with Gasteiger partial charge in [-0.15, -0.1) is 0 Å². The van der Waals surface area contributed by atoms with Crippen molar-refractivity contribution in [2.75, 3.05) is 10.6 Å². The second kappa shape index (κ2) is 9.27. The van der Waals surface area contributed by atoms with E-state index in [1.165, 1.54) is 12.1 Å². The maximum Gasteiger partial charge on any atom is 0.352 e. The van der Waals surface area contributed by atoms with Gasteiger partial charge in [0.2, 0.25) is 0 Å². The van der Waals surface area contributed by atoms with Crippen molar-refractivity contribution < 1.29 is 14.8 Å². The molecule has 0 fully saturated rings. The van der Waals surface area contributed by atoms with Gasteiger partial charge in [0.1, 0.15) is 5.69 Å². The molecule has 0 saturated carbocycles. The number of nitro benzene ring substituents is 1. The number of thiocarbonyl (C=S) groups is 1. The second-order valence-electron chi connectivity index (χ2n) is 7.17. The predicted octanol–water partition coefficient (Wildman–Crippen LogP) is 5.76. The standard InChI is InChI=1S/C23H17ClN4O4S/c24-15-4-1-3-14(11-15)13-27-20-6-2-5-19(18(20)12-21(27)22(29)30)26-23(33)25-16-7-9-17(10-8-16)28(31)32/h1-12H,13H2,(H,29,30)(H2,25,26,33). The van der Waals surface area contributed by atoms with Crippen molar-refractivity contribution in [3.05, 3.63) is 99.2 Å². The van der Waals surface area contributed by atoms with E-state index < -0.39 is 10.9 Å². The number of rotatable bonds is 6. The number of nitrogens with one attached hydrogen (secondary N) is 2. The highest BCUT2D eigenvalue weighted by Gasteiger charge is 2.17. The summed E-state index contributed by atoms with van der Waals surface area (Å²) in [5.41, 5.74) is 2.90. The van der Waals surface area contributed by atoms with E-state index in [0.717, 1.165) is 11.1 Å². The number of halogens is 1. The average molecular weight is 481 g/mol. The third-order valence-corrected chi connectivity index (χ3v) is 5.42. The summed E-state index contributed by atoms with van der Waals surface area (Å²) in [7, 11) is 0. The summed E-state index contributed by atoms with van der Waals surface area (Å²) in [4.78, 5) is 22.3. The minimum atomic E-state index is -1.05. The summed E-state index contributed by atoms with van der Waals surface area (Å²) < 4.78 is 1.71. The monoisotopic (exact) mass is 480 g/mol. The molecule has 0 amide bonds. The van der Waals surface area contributed by atoms with Crippen LogP contribution in [0.15, 0.2) is 72.8 Å². The molecule has 0 radical (unpaired) electrons. The highest BCUT2D eigenvalue weighted by Crippen LogP contribution is 2.29. The molecule has 0 bridgehead atoms. The Bertz CT molecular complexity index is 1390. The third-order valence-electron chi connectivity index (χ3n) is 4.98. The molecule has 1 heterocycles. The Hall–Kier alpha value is -3.95. The van der Waals surface area contributed by atoms with Gasteiger partial charge >= 0.3 is 5.97 Å². The van der Waals surface area contributed by atoms with Crippen molar-refractivity contribution >= 4 is 62.9 Å². The molecule has 4 aromatic rings. The predicted molar refractivity (Wildman–Crippen MR) is 132 cm³/mol. The van der Waals surface area contributed by atoms with E-state index in [2.05, 4.69) is 10.6 Å². The SMILES string of the molecule is O=C(O)c1cc2c(NC(=S)Nc3ccc([N+](=O)[O-])cc3)cccc2n1Cc1cccc(Cl)c1. The maximum absolute atomic E-state index is 11.9. The number of fused-ring (bicyclic) bond motifs is 1. The molecule has 4 rings (SSSR count). The van der Waals surface area contributed by atoms with Crippen LogP contribution in [0.4, 0.5) is 17.1 Å². The number of hydrogen-bond acceptors (Lipinski definition) is 4. The van der Waals surface area contributed by atoms with E-state index in [0.29, 0.717) is 28.3 Å². The van der Waals surface area contributed by atoms with Crippen LogP contribution in [0.3, 0.4) is 0 Å². The number of non-ortho nitro benzene ring substituents is 1. The van der Waals surface area contributed by atoms with E-state index in [1.807, 2.05) is 18.2 Å². The summed E-state index contributed by atoms with van der Waals surface area (Å²) in [5, 5.41) is 28.2. The van der Waals surface area contributed by atoms with Gasteiger partial charge in [0.25, 0.3) is 5.69 Å². The van der Waals surface area contributed by atoms with Gasteiger partial charge in [-0.05, 0) is 60.2 Å². The smallest absolute Gasteiger partial charge is 0.352 e. The number of aromatic carboxylic acids is 1. The molecule has 33 heavy (non-hydrogen) atoms. The van der Waals surface area contributed by atoms with Crippen molar-refractivity contribution in [1.29, 1.82) is 0 Å². The zero-order chi connectivity index (χ0) is 23.5. The van der Waals surface area contributed by atoms with E-state index in [1.54, 1.807) is 47.0 Å². The van der Waals surface area contributed by atoms with Crippen LogP contribution in [0.2, 0.25) is 5.02 Å². The molecule has 0 unspecified atom stereocenters. The Morgan fingerprint density at radius 1 is 1.06 bits per heavy atom. The fourth-order valence-electron chi connectivity index (χ4n) is 3.51. The first-order valence-electron chi connectivity index (χ1n) is 9.74. The van der Waals surface area contributed by atoms with E-state index in [4.69, 9.17) is 23.8 Å². The van der Waals surface area contributed by atoms with Crippen LogP contribution in [0.25, 0.3) is 10.9 Å². The van der Waals surface area contributed by atoms with E-state index in [9.17, 15) is 20.0 Å². The molecule has 0 aliphatic rings. The molecular weight excluding hydrogens is 464 g/mol. The molecule has 3 aromatic carbocycles. The highest BCUT2D eigenvalue weighted by atomic mass is 35.5. The molecule has 8 nitrogen and oxygen atoms in total. The van der Waals surface area contributed by atoms with Gasteiger partial charge in [0.15, 0.2) is 5.11 Å². The van der Waals surface area contributed by atoms with Gasteiger partial charge in [0, 0.05) is 40.5 Å². The van der Waals surface area contributed by atoms with Crippen molar-refractivity contribution in [2.24, 2.45) is 0 Å². The fourth-order valence-corrected chi connectivity index (χ4v) is 3.95. The summed E-state index contributed by atoms with van der Waals surface area (Å²) >= 11 is 11.5. The number of nitrogens with zero attached hydrogens (tertiary/aromatic N) is 2. The van der Waals surface area contributed by atoms with Gasteiger partial charge in [-0.3, -0.25) is 10.1 Å². The van der Waals surface area contributed by atoms with Gasteiger partial charge < -0.3 is 20.3 Å². The van der Waals surface area contributed by atoms with Crippen LogP contribution in [0.5, 0.6) is 0 Å². The number of carboxylic acid groups (broad SMARTS) is 1. The van der Waals surface area contributed by atoms with Crippen molar-refractivity contribution in [3.8, 4) is 0 Å². The maximum atomic E-state index is 11.9. The zero-order valence-corrected chi connectivity index (χ0v) is 18.6. The average Bonchev–Trinajstić information content (AvgIpc) is 3.14. The lowest BCUT2D eigenvalue weighted by Crippen LogP contribution is -2.19. The number of carbonyl (C=O) groups is 1. The minimum Gasteiger partial charge on any atom is -0.477 e. The first-order valence-corrected chi connectivity index (χ1v) is 10.5. The molecule has 1 aromatic heterocycles. The lowest BCUT2D eigenvalue weighted by atomic mass is 10.2. The van der Waals surface area contributed by atoms with Crippen LogP contribution >= 0.6 is 23.8 Å². The number of nitro groups is 1. The van der Waals surface area contributed by atoms with Gasteiger partial charge in [0.05, 0.1) is 10.4 Å². The first kappa shape index (κ1) is 22.3. The van der Waals surface area contributed by atoms with Gasteiger partial charge in [-0.1, -0.05) is 29.8 Å². The molecule has 3 N–H and O–H groups in total. The van der Waals surface area contributed by atoms with Crippen molar-refractivity contribution in [2.45, 2.75) is 6.54 Å². The number of carboxylic acids is 1. The third kappa shape index (κ3) is 4.94. The molecule has 0 saturated heterocycles. The number of hydrogen-bond donors (Lipinski definition) is 3. The largest absolute Gasteiger partial charge is 0.477 e.